The molecule has 0 unspecified atom stereocenters. The van der Waals surface area contributed by atoms with Gasteiger partial charge in [-0.15, -0.1) is 0 Å². The van der Waals surface area contributed by atoms with Crippen LogP contribution in [0.15, 0.2) is 0 Å². The van der Waals surface area contributed by atoms with Crippen molar-refractivity contribution in [1.82, 2.24) is 0 Å². The number of rotatable bonds is 4. The highest BCUT2D eigenvalue weighted by atomic mass is 32.2. The van der Waals surface area contributed by atoms with Crippen LogP contribution in [-0.2, 0) is 10.1 Å². The highest BCUT2D eigenvalue weighted by molar-refractivity contribution is 7.87. The molecule has 20 heavy (non-hydrogen) atoms. The summed E-state index contributed by atoms with van der Waals surface area (Å²) >= 11 is 0. The van der Waals surface area contributed by atoms with Gasteiger partial charge in [-0.3, -0.25) is 4.55 Å². The molecule has 0 aliphatic heterocycles. The zero-order valence-corrected chi connectivity index (χ0v) is 9.15. The topological polar surface area (TPSA) is 54.4 Å². The highest BCUT2D eigenvalue weighted by Crippen LogP contribution is 2.58. The molecule has 0 saturated carbocycles. The molecule has 0 aliphatic carbocycles. The van der Waals surface area contributed by atoms with E-state index in [1.165, 1.54) is 0 Å². The van der Waals surface area contributed by atoms with Crippen molar-refractivity contribution in [3.05, 3.63) is 0 Å². The van der Waals surface area contributed by atoms with E-state index in [0.717, 1.165) is 0 Å². The van der Waals surface area contributed by atoms with Crippen LogP contribution in [0.2, 0.25) is 0 Å². The minimum Gasteiger partial charge on any atom is -0.281 e. The van der Waals surface area contributed by atoms with Gasteiger partial charge in [-0.25, -0.2) is 0 Å². The molecular formula is C5HF11O3S. The molecule has 0 spiro atoms. The minimum atomic E-state index is -7.86. The molecule has 0 aromatic rings. The lowest BCUT2D eigenvalue weighted by atomic mass is 10.4. The molecule has 0 aliphatic rings. The maximum absolute atomic E-state index is 12.5. The third-order valence-electron chi connectivity index (χ3n) is 1.83. The highest BCUT2D eigenvalue weighted by Gasteiger charge is 2.89. The molecule has 0 fully saturated rings. The number of alkyl halides is 11. The Morgan fingerprint density at radius 3 is 1.10 bits per heavy atom. The first kappa shape index (κ1) is 19.1. The lowest BCUT2D eigenvalue weighted by molar-refractivity contribution is -0.413. The van der Waals surface area contributed by atoms with E-state index >= 15 is 0 Å². The van der Waals surface area contributed by atoms with E-state index in [9.17, 15) is 56.7 Å². The first-order valence-electron chi connectivity index (χ1n) is 3.80. The standard InChI is InChI=1S/C5HF11O3S/c6-1(7,2(8,9)4(12,13)14)3(10,11)5(15,16)20(17,18)19/h(H,17,18,19)/i1+1,3+1,5+1. The van der Waals surface area contributed by atoms with Crippen LogP contribution in [0.3, 0.4) is 0 Å². The van der Waals surface area contributed by atoms with E-state index in [1.807, 2.05) is 0 Å². The minimum absolute atomic E-state index is 7.29. The molecule has 0 aromatic heterocycles. The van der Waals surface area contributed by atoms with Crippen LogP contribution in [0, 0.1) is 0 Å². The van der Waals surface area contributed by atoms with Crippen LogP contribution in [0.25, 0.3) is 0 Å². The summed E-state index contributed by atoms with van der Waals surface area (Å²) < 4.78 is 161. The van der Waals surface area contributed by atoms with Crippen LogP contribution in [0.1, 0.15) is 0 Å². The molecule has 0 rings (SSSR count). The van der Waals surface area contributed by atoms with Gasteiger partial charge in [0.2, 0.25) is 0 Å². The fraction of sp³-hybridized carbons (Fsp3) is 1.00. The fourth-order valence-corrected chi connectivity index (χ4v) is 1.17. The van der Waals surface area contributed by atoms with Crippen molar-refractivity contribution in [3.63, 3.8) is 0 Å². The Morgan fingerprint density at radius 1 is 0.600 bits per heavy atom. The van der Waals surface area contributed by atoms with Crippen LogP contribution >= 0.6 is 0 Å². The Kier molecular flexibility index (Phi) is 4.13. The number of halogens is 11. The van der Waals surface area contributed by atoms with E-state index in [1.54, 1.807) is 0 Å². The fourth-order valence-electron chi connectivity index (χ4n) is 0.720. The number of hydrogen-bond acceptors (Lipinski definition) is 2. The van der Waals surface area contributed by atoms with Gasteiger partial charge in [-0.1, -0.05) is 0 Å². The van der Waals surface area contributed by atoms with Crippen molar-refractivity contribution < 1.29 is 61.3 Å². The molecule has 0 atom stereocenters. The van der Waals surface area contributed by atoms with Gasteiger partial charge in [0.15, 0.2) is 0 Å². The molecular weight excluding hydrogens is 352 g/mol. The summed E-state index contributed by atoms with van der Waals surface area (Å²) in [5.74, 6) is -23.3. The Morgan fingerprint density at radius 2 is 0.900 bits per heavy atom. The van der Waals surface area contributed by atoms with Crippen molar-refractivity contribution in [1.29, 1.82) is 0 Å². The van der Waals surface area contributed by atoms with Crippen molar-refractivity contribution in [2.75, 3.05) is 0 Å². The van der Waals surface area contributed by atoms with Crippen LogP contribution < -0.4 is 0 Å². The predicted octanol–water partition coefficient (Wildman–Crippen LogP) is 2.94. The van der Waals surface area contributed by atoms with E-state index in [4.69, 9.17) is 4.55 Å². The zero-order valence-electron chi connectivity index (χ0n) is 8.33. The summed E-state index contributed by atoms with van der Waals surface area (Å²) in [6.45, 7) is 0. The molecule has 0 aromatic carbocycles. The van der Waals surface area contributed by atoms with Crippen LogP contribution in [0.5, 0.6) is 0 Å². The van der Waals surface area contributed by atoms with Crippen molar-refractivity contribution in [3.8, 4) is 0 Å². The smallest absolute Gasteiger partial charge is 0.281 e. The summed E-state index contributed by atoms with van der Waals surface area (Å²) in [5, 5.41) is -7.29. The van der Waals surface area contributed by atoms with Gasteiger partial charge in [0.05, 0.1) is 0 Å². The van der Waals surface area contributed by atoms with Gasteiger partial charge in [0, 0.05) is 0 Å². The molecule has 1 N–H and O–H groups in total. The summed E-state index contributed by atoms with van der Waals surface area (Å²) in [7, 11) is -7.41. The molecule has 0 heterocycles. The normalized spacial score (nSPS) is 16.4. The van der Waals surface area contributed by atoms with Gasteiger partial charge < -0.3 is 0 Å². The Balaban J connectivity index is 6.22. The molecule has 0 saturated heterocycles. The largest absolute Gasteiger partial charge is 0.460 e. The molecule has 3 nitrogen and oxygen atoms in total. The van der Waals surface area contributed by atoms with Gasteiger partial charge in [-0.2, -0.15) is 56.7 Å². The Hall–Kier alpha value is -0.860. The molecule has 122 valence electrons. The van der Waals surface area contributed by atoms with Crippen LogP contribution in [-0.4, -0.2) is 42.2 Å². The summed E-state index contributed by atoms with van der Waals surface area (Å²) in [6, 6.07) is 0. The zero-order chi connectivity index (χ0) is 17.0. The lowest BCUT2D eigenvalue weighted by Gasteiger charge is -2.35. The first-order chi connectivity index (χ1) is 8.25. The van der Waals surface area contributed by atoms with Crippen molar-refractivity contribution in [2.45, 2.75) is 29.2 Å². The summed E-state index contributed by atoms with van der Waals surface area (Å²) in [6.07, 6.45) is -7.39. The molecule has 0 bridgehead atoms. The second-order valence-corrected chi connectivity index (χ2v) is 4.68. The monoisotopic (exact) mass is 353 g/mol. The van der Waals surface area contributed by atoms with Gasteiger partial charge >= 0.3 is 39.3 Å². The summed E-state index contributed by atoms with van der Waals surface area (Å²) in [4.78, 5) is 0. The maximum Gasteiger partial charge on any atom is 0.460 e. The third-order valence-corrected chi connectivity index (χ3v) is 2.74. The van der Waals surface area contributed by atoms with Crippen LogP contribution in [0.4, 0.5) is 48.3 Å². The maximum atomic E-state index is 12.5. The first-order valence-corrected chi connectivity index (χ1v) is 5.24. The SMILES string of the molecule is O=S(=O)(O)[13C](F)(F)[13C](F)(F)[13C](F)(F)C(F)(F)C(F)(F)F. The molecule has 0 radical (unpaired) electrons. The average Bonchev–Trinajstić information content (AvgIpc) is 2.12. The molecule has 0 amide bonds. The quantitative estimate of drug-likeness (QED) is 0.480. The second-order valence-electron chi connectivity index (χ2n) is 3.21. The van der Waals surface area contributed by atoms with Crippen molar-refractivity contribution in [2.24, 2.45) is 0 Å². The van der Waals surface area contributed by atoms with Gasteiger partial charge in [0.1, 0.15) is 0 Å². The van der Waals surface area contributed by atoms with E-state index in [0.29, 0.717) is 0 Å². The van der Waals surface area contributed by atoms with E-state index in [-0.39, 0.29) is 0 Å². The van der Waals surface area contributed by atoms with E-state index in [2.05, 4.69) is 0 Å². The van der Waals surface area contributed by atoms with Gasteiger partial charge in [0.25, 0.3) is 0 Å². The van der Waals surface area contributed by atoms with Gasteiger partial charge in [-0.05, 0) is 0 Å². The lowest BCUT2D eigenvalue weighted by Crippen LogP contribution is -2.67. The predicted molar refractivity (Wildman–Crippen MR) is 37.4 cm³/mol. The Labute approximate surface area is 102 Å². The average molecular weight is 353 g/mol. The second kappa shape index (κ2) is 4.32. The van der Waals surface area contributed by atoms with E-state index < -0.39 is 39.3 Å². The van der Waals surface area contributed by atoms with Crippen molar-refractivity contribution >= 4 is 10.1 Å². The third kappa shape index (κ3) is 2.29. The molecule has 15 heteroatoms. The number of hydrogen-bond donors (Lipinski definition) is 1. The Bertz CT molecular complexity index is 475. The summed E-state index contributed by atoms with van der Waals surface area (Å²) in [5.41, 5.74) is 0.